The lowest BCUT2D eigenvalue weighted by molar-refractivity contribution is 0.473. The van der Waals surface area contributed by atoms with Crippen molar-refractivity contribution in [1.29, 1.82) is 0 Å². The summed E-state index contributed by atoms with van der Waals surface area (Å²) in [7, 11) is 0. The first-order chi connectivity index (χ1) is 9.54. The van der Waals surface area contributed by atoms with E-state index in [1.165, 1.54) is 12.1 Å². The Kier molecular flexibility index (Phi) is 2.88. The summed E-state index contributed by atoms with van der Waals surface area (Å²) in [4.78, 5) is 12.0. The molecule has 100 valence electrons. The first kappa shape index (κ1) is 12.6. The van der Waals surface area contributed by atoms with Crippen LogP contribution in [0.1, 0.15) is 0 Å². The lowest BCUT2D eigenvalue weighted by atomic mass is 10.1. The number of benzene rings is 2. The van der Waals surface area contributed by atoms with Crippen LogP contribution in [0.2, 0.25) is 5.02 Å². The van der Waals surface area contributed by atoms with E-state index in [4.69, 9.17) is 21.8 Å². The molecule has 0 unspecified atom stereocenters. The topological polar surface area (TPSA) is 76.5 Å². The molecule has 0 saturated carbocycles. The highest BCUT2D eigenvalue weighted by Gasteiger charge is 2.11. The third kappa shape index (κ3) is 2.10. The maximum Gasteiger partial charge on any atom is 0.344 e. The molecule has 3 rings (SSSR count). The molecule has 0 aliphatic heterocycles. The molecule has 2 aromatic carbocycles. The normalized spacial score (nSPS) is 10.8. The smallest absolute Gasteiger partial charge is 0.344 e. The van der Waals surface area contributed by atoms with Crippen molar-refractivity contribution in [2.75, 3.05) is 5.73 Å². The second-order valence-corrected chi connectivity index (χ2v) is 4.82. The molecule has 4 nitrogen and oxygen atoms in total. The minimum absolute atomic E-state index is 0.0407. The average Bonchev–Trinajstić information content (AvgIpc) is 2.38. The fraction of sp³-hybridized carbons (Fsp3) is 0. The first-order valence-electron chi connectivity index (χ1n) is 5.87. The molecule has 0 amide bonds. The van der Waals surface area contributed by atoms with E-state index in [9.17, 15) is 9.90 Å². The van der Waals surface area contributed by atoms with Crippen molar-refractivity contribution in [3.63, 3.8) is 0 Å². The summed E-state index contributed by atoms with van der Waals surface area (Å²) < 4.78 is 5.21. The highest BCUT2D eigenvalue weighted by Crippen LogP contribution is 2.30. The van der Waals surface area contributed by atoms with E-state index >= 15 is 0 Å². The van der Waals surface area contributed by atoms with Gasteiger partial charge in [0.2, 0.25) is 0 Å². The Bertz CT molecular complexity index is 871. The number of halogens is 1. The van der Waals surface area contributed by atoms with Gasteiger partial charge in [0.05, 0.1) is 10.6 Å². The molecular weight excluding hydrogens is 278 g/mol. The van der Waals surface area contributed by atoms with E-state index in [1.807, 2.05) is 0 Å². The Morgan fingerprint density at radius 1 is 1.05 bits per heavy atom. The molecular formula is C15H10ClNO3. The molecule has 3 N–H and O–H groups in total. The lowest BCUT2D eigenvalue weighted by Gasteiger charge is -2.05. The first-order valence-corrected chi connectivity index (χ1v) is 6.25. The van der Waals surface area contributed by atoms with E-state index in [0.717, 1.165) is 0 Å². The van der Waals surface area contributed by atoms with Crippen molar-refractivity contribution in [2.45, 2.75) is 0 Å². The number of phenolic OH excluding ortho intramolecular Hbond substituents is 1. The van der Waals surface area contributed by atoms with Gasteiger partial charge in [-0.2, -0.15) is 0 Å². The molecule has 0 atom stereocenters. The molecule has 0 saturated heterocycles. The van der Waals surface area contributed by atoms with Crippen molar-refractivity contribution < 1.29 is 9.52 Å². The molecule has 0 spiro atoms. The van der Waals surface area contributed by atoms with E-state index in [2.05, 4.69) is 0 Å². The Hall–Kier alpha value is -2.46. The lowest BCUT2D eigenvalue weighted by Crippen LogP contribution is -2.03. The SMILES string of the molecule is Nc1ccc(-c2cc3ccc(O)cc3oc2=O)c(Cl)c1. The van der Waals surface area contributed by atoms with Crippen LogP contribution in [0.15, 0.2) is 51.7 Å². The fourth-order valence-electron chi connectivity index (χ4n) is 2.04. The van der Waals surface area contributed by atoms with Gasteiger partial charge in [-0.25, -0.2) is 4.79 Å². The maximum atomic E-state index is 12.0. The molecule has 20 heavy (non-hydrogen) atoms. The van der Waals surface area contributed by atoms with Gasteiger partial charge in [-0.1, -0.05) is 17.7 Å². The summed E-state index contributed by atoms with van der Waals surface area (Å²) in [6, 6.07) is 11.2. The van der Waals surface area contributed by atoms with Gasteiger partial charge in [0.25, 0.3) is 0 Å². The molecule has 3 aromatic rings. The van der Waals surface area contributed by atoms with Crippen molar-refractivity contribution in [3.8, 4) is 16.9 Å². The number of hydrogen-bond acceptors (Lipinski definition) is 4. The van der Waals surface area contributed by atoms with Crippen molar-refractivity contribution in [2.24, 2.45) is 0 Å². The van der Waals surface area contributed by atoms with Gasteiger partial charge in [-0.3, -0.25) is 0 Å². The Morgan fingerprint density at radius 2 is 1.85 bits per heavy atom. The number of rotatable bonds is 1. The van der Waals surface area contributed by atoms with Crippen LogP contribution in [0.25, 0.3) is 22.1 Å². The number of phenols is 1. The zero-order valence-electron chi connectivity index (χ0n) is 10.3. The highest BCUT2D eigenvalue weighted by molar-refractivity contribution is 6.33. The predicted molar refractivity (Wildman–Crippen MR) is 79.0 cm³/mol. The van der Waals surface area contributed by atoms with E-state index in [0.29, 0.717) is 32.8 Å². The second kappa shape index (κ2) is 4.58. The van der Waals surface area contributed by atoms with Gasteiger partial charge in [0.1, 0.15) is 11.3 Å². The van der Waals surface area contributed by atoms with Crippen LogP contribution in [0, 0.1) is 0 Å². The third-order valence-electron chi connectivity index (χ3n) is 3.00. The molecule has 1 aromatic heterocycles. The van der Waals surface area contributed by atoms with Crippen LogP contribution in [0.3, 0.4) is 0 Å². The maximum absolute atomic E-state index is 12.0. The van der Waals surface area contributed by atoms with Crippen molar-refractivity contribution >= 4 is 28.3 Å². The number of nitrogens with two attached hydrogens (primary N) is 1. The minimum atomic E-state index is -0.519. The molecule has 0 aliphatic carbocycles. The van der Waals surface area contributed by atoms with Gasteiger partial charge >= 0.3 is 5.63 Å². The van der Waals surface area contributed by atoms with Crippen molar-refractivity contribution in [1.82, 2.24) is 0 Å². The van der Waals surface area contributed by atoms with Crippen molar-refractivity contribution in [3.05, 3.63) is 57.9 Å². The summed E-state index contributed by atoms with van der Waals surface area (Å²) in [5.74, 6) is 0.0407. The van der Waals surface area contributed by atoms with Crippen LogP contribution < -0.4 is 11.4 Å². The Balaban J connectivity index is 2.28. The number of hydrogen-bond donors (Lipinski definition) is 2. The Labute approximate surface area is 119 Å². The number of fused-ring (bicyclic) bond motifs is 1. The van der Waals surface area contributed by atoms with Crippen LogP contribution >= 0.6 is 11.6 Å². The quantitative estimate of drug-likeness (QED) is 0.531. The number of aromatic hydroxyl groups is 1. The van der Waals surface area contributed by atoms with Gasteiger partial charge in [-0.05, 0) is 30.3 Å². The highest BCUT2D eigenvalue weighted by atomic mass is 35.5. The Morgan fingerprint density at radius 3 is 2.60 bits per heavy atom. The number of anilines is 1. The van der Waals surface area contributed by atoms with Crippen LogP contribution in [0.4, 0.5) is 5.69 Å². The average molecular weight is 288 g/mol. The van der Waals surface area contributed by atoms with Gasteiger partial charge in [0.15, 0.2) is 0 Å². The van der Waals surface area contributed by atoms with Crippen LogP contribution in [-0.4, -0.2) is 5.11 Å². The molecule has 0 radical (unpaired) electrons. The summed E-state index contributed by atoms with van der Waals surface area (Å²) in [5, 5.41) is 10.5. The summed E-state index contributed by atoms with van der Waals surface area (Å²) in [6.07, 6.45) is 0. The monoisotopic (exact) mass is 287 g/mol. The standard InChI is InChI=1S/C15H10ClNO3/c16-13-6-9(17)2-4-11(13)12-5-8-1-3-10(18)7-14(8)20-15(12)19/h1-7,18H,17H2. The largest absolute Gasteiger partial charge is 0.508 e. The zero-order valence-corrected chi connectivity index (χ0v) is 11.0. The molecule has 0 aliphatic rings. The van der Waals surface area contributed by atoms with Crippen LogP contribution in [0.5, 0.6) is 5.75 Å². The summed E-state index contributed by atoms with van der Waals surface area (Å²) in [6.45, 7) is 0. The molecule has 0 bridgehead atoms. The van der Waals surface area contributed by atoms with Gasteiger partial charge in [-0.15, -0.1) is 0 Å². The zero-order chi connectivity index (χ0) is 14.3. The predicted octanol–water partition coefficient (Wildman–Crippen LogP) is 3.40. The van der Waals surface area contributed by atoms with Crippen LogP contribution in [-0.2, 0) is 0 Å². The summed E-state index contributed by atoms with van der Waals surface area (Å²) >= 11 is 6.11. The minimum Gasteiger partial charge on any atom is -0.508 e. The van der Waals surface area contributed by atoms with E-state index in [1.54, 1.807) is 30.3 Å². The summed E-state index contributed by atoms with van der Waals surface area (Å²) in [5.41, 5.74) is 6.88. The third-order valence-corrected chi connectivity index (χ3v) is 3.32. The fourth-order valence-corrected chi connectivity index (χ4v) is 2.33. The number of nitrogen functional groups attached to an aromatic ring is 1. The van der Waals surface area contributed by atoms with Gasteiger partial charge < -0.3 is 15.3 Å². The molecule has 1 heterocycles. The molecule has 0 fully saturated rings. The van der Waals surface area contributed by atoms with E-state index < -0.39 is 5.63 Å². The second-order valence-electron chi connectivity index (χ2n) is 4.41. The van der Waals surface area contributed by atoms with Gasteiger partial charge in [0, 0.05) is 22.7 Å². The van der Waals surface area contributed by atoms with E-state index in [-0.39, 0.29) is 5.75 Å². The molecule has 5 heteroatoms.